The van der Waals surface area contributed by atoms with Gasteiger partial charge in [0.15, 0.2) is 0 Å². The summed E-state index contributed by atoms with van der Waals surface area (Å²) in [5.74, 6) is 0.323. The van der Waals surface area contributed by atoms with Crippen molar-refractivity contribution in [2.45, 2.75) is 44.4 Å². The highest BCUT2D eigenvalue weighted by Gasteiger charge is 2.18. The molecule has 0 aliphatic carbocycles. The smallest absolute Gasteiger partial charge is 0.230 e. The Morgan fingerprint density at radius 1 is 1.47 bits per heavy atom. The molecule has 1 aromatic rings. The van der Waals surface area contributed by atoms with Crippen molar-refractivity contribution in [3.63, 3.8) is 0 Å². The first kappa shape index (κ1) is 15.9. The number of tetrazole rings is 1. The van der Waals surface area contributed by atoms with Crippen molar-refractivity contribution in [1.29, 1.82) is 0 Å². The molecule has 19 heavy (non-hydrogen) atoms. The van der Waals surface area contributed by atoms with Crippen molar-refractivity contribution in [3.8, 4) is 0 Å². The highest BCUT2D eigenvalue weighted by molar-refractivity contribution is 7.99. The van der Waals surface area contributed by atoms with Crippen molar-refractivity contribution < 1.29 is 4.79 Å². The first-order valence-electron chi connectivity index (χ1n) is 6.33. The molecule has 1 heterocycles. The third-order valence-electron chi connectivity index (χ3n) is 2.77. The summed E-state index contributed by atoms with van der Waals surface area (Å²) in [6.45, 7) is 7.53. The van der Waals surface area contributed by atoms with Crippen LogP contribution in [0.2, 0.25) is 0 Å². The Kier molecular flexibility index (Phi) is 6.23. The molecule has 0 radical (unpaired) electrons. The van der Waals surface area contributed by atoms with Crippen molar-refractivity contribution in [2.75, 3.05) is 19.3 Å². The third kappa shape index (κ3) is 5.56. The Balaban J connectivity index is 2.44. The minimum absolute atomic E-state index is 0.0000153. The van der Waals surface area contributed by atoms with Crippen LogP contribution in [-0.4, -0.2) is 51.0 Å². The molecule has 0 spiro atoms. The van der Waals surface area contributed by atoms with E-state index in [1.807, 2.05) is 27.8 Å². The monoisotopic (exact) mass is 286 g/mol. The first-order chi connectivity index (χ1) is 8.98. The number of hydrogen-bond donors (Lipinski definition) is 2. The van der Waals surface area contributed by atoms with Crippen molar-refractivity contribution >= 4 is 17.7 Å². The number of nitrogens with one attached hydrogen (secondary N) is 2. The van der Waals surface area contributed by atoms with Crippen LogP contribution in [0, 0.1) is 0 Å². The molecule has 0 aromatic carbocycles. The molecule has 0 atom stereocenters. The molecule has 8 heteroatoms. The zero-order valence-corrected chi connectivity index (χ0v) is 12.8. The van der Waals surface area contributed by atoms with Crippen LogP contribution >= 0.6 is 11.8 Å². The first-order valence-corrected chi connectivity index (χ1v) is 7.31. The molecule has 1 aromatic heterocycles. The fourth-order valence-corrected chi connectivity index (χ4v) is 1.99. The van der Waals surface area contributed by atoms with Crippen molar-refractivity contribution in [3.05, 3.63) is 0 Å². The van der Waals surface area contributed by atoms with Crippen LogP contribution in [0.4, 0.5) is 0 Å². The van der Waals surface area contributed by atoms with Crippen LogP contribution in [0.5, 0.6) is 0 Å². The van der Waals surface area contributed by atoms with Gasteiger partial charge in [0.05, 0.1) is 12.3 Å². The molecule has 7 nitrogen and oxygen atoms in total. The number of carbonyl (C=O) groups is 1. The molecule has 1 rings (SSSR count). The maximum absolute atomic E-state index is 11.8. The van der Waals surface area contributed by atoms with Gasteiger partial charge in [-0.2, -0.15) is 0 Å². The molecule has 0 unspecified atom stereocenters. The number of amides is 1. The Bertz CT molecular complexity index is 406. The van der Waals surface area contributed by atoms with Gasteiger partial charge >= 0.3 is 0 Å². The third-order valence-corrected chi connectivity index (χ3v) is 3.72. The molecule has 0 aliphatic rings. The lowest BCUT2D eigenvalue weighted by Crippen LogP contribution is -2.43. The molecule has 0 fully saturated rings. The highest BCUT2D eigenvalue weighted by atomic mass is 32.2. The minimum atomic E-state index is -0.171. The molecule has 2 N–H and O–H groups in total. The second-order valence-electron chi connectivity index (χ2n) is 4.86. The second-order valence-corrected chi connectivity index (χ2v) is 5.80. The predicted molar refractivity (Wildman–Crippen MR) is 75.0 cm³/mol. The lowest BCUT2D eigenvalue weighted by Gasteiger charge is -2.24. The van der Waals surface area contributed by atoms with E-state index in [2.05, 4.69) is 26.2 Å². The van der Waals surface area contributed by atoms with E-state index >= 15 is 0 Å². The molecule has 0 aliphatic heterocycles. The quantitative estimate of drug-likeness (QED) is 0.668. The number of hydrogen-bond acceptors (Lipinski definition) is 6. The maximum Gasteiger partial charge on any atom is 0.230 e. The molecule has 0 bridgehead atoms. The van der Waals surface area contributed by atoms with Crippen LogP contribution in [0.1, 0.15) is 27.2 Å². The summed E-state index contributed by atoms with van der Waals surface area (Å²) < 4.78 is 1.69. The number of carbonyl (C=O) groups excluding carboxylic acids is 1. The molecular weight excluding hydrogens is 264 g/mol. The standard InChI is InChI=1S/C11H22N6OS/c1-5-11(2,3)13-9(18)8-19-10-14-15-16-17(10)7-6-12-4/h12H,5-8H2,1-4H3,(H,13,18). The number of aromatic nitrogens is 4. The van der Waals surface area contributed by atoms with Crippen LogP contribution in [0.3, 0.4) is 0 Å². The summed E-state index contributed by atoms with van der Waals surface area (Å²) in [6, 6.07) is 0. The van der Waals surface area contributed by atoms with Gasteiger partial charge in [-0.1, -0.05) is 18.7 Å². The largest absolute Gasteiger partial charge is 0.351 e. The van der Waals surface area contributed by atoms with Crippen LogP contribution < -0.4 is 10.6 Å². The van der Waals surface area contributed by atoms with Crippen LogP contribution in [0.15, 0.2) is 5.16 Å². The van der Waals surface area contributed by atoms with Crippen molar-refractivity contribution in [2.24, 2.45) is 0 Å². The summed E-state index contributed by atoms with van der Waals surface area (Å²) in [4.78, 5) is 11.8. The summed E-state index contributed by atoms with van der Waals surface area (Å²) in [5, 5.41) is 18.1. The highest BCUT2D eigenvalue weighted by Crippen LogP contribution is 2.14. The normalized spacial score (nSPS) is 11.6. The average Bonchev–Trinajstić information content (AvgIpc) is 2.81. The summed E-state index contributed by atoms with van der Waals surface area (Å²) in [6.07, 6.45) is 0.892. The summed E-state index contributed by atoms with van der Waals surface area (Å²) in [5.41, 5.74) is -0.171. The van der Waals surface area contributed by atoms with Gasteiger partial charge in [-0.15, -0.1) is 5.10 Å². The zero-order valence-electron chi connectivity index (χ0n) is 11.9. The van der Waals surface area contributed by atoms with Gasteiger partial charge in [-0.05, 0) is 37.7 Å². The molecule has 1 amide bonds. The van der Waals surface area contributed by atoms with E-state index in [9.17, 15) is 4.79 Å². The fraction of sp³-hybridized carbons (Fsp3) is 0.818. The predicted octanol–water partition coefficient (Wildman–Crippen LogP) is 0.289. The second kappa shape index (κ2) is 7.44. The number of likely N-dealkylation sites (N-methyl/N-ethyl adjacent to an activating group) is 1. The Labute approximate surface area is 117 Å². The van der Waals surface area contributed by atoms with E-state index in [1.165, 1.54) is 11.8 Å². The Morgan fingerprint density at radius 2 is 2.21 bits per heavy atom. The molecule has 0 saturated carbocycles. The van der Waals surface area contributed by atoms with Crippen LogP contribution in [-0.2, 0) is 11.3 Å². The summed E-state index contributed by atoms with van der Waals surface area (Å²) >= 11 is 1.35. The average molecular weight is 286 g/mol. The van der Waals surface area contributed by atoms with E-state index < -0.39 is 0 Å². The maximum atomic E-state index is 11.8. The zero-order chi connectivity index (χ0) is 14.3. The van der Waals surface area contributed by atoms with Gasteiger partial charge in [-0.3, -0.25) is 4.79 Å². The molecule has 0 saturated heterocycles. The fourth-order valence-electron chi connectivity index (χ4n) is 1.29. The number of thioether (sulfide) groups is 1. The van der Waals surface area contributed by atoms with Gasteiger partial charge in [0.1, 0.15) is 0 Å². The Morgan fingerprint density at radius 3 is 2.84 bits per heavy atom. The van der Waals surface area contributed by atoms with Crippen molar-refractivity contribution in [1.82, 2.24) is 30.8 Å². The van der Waals surface area contributed by atoms with E-state index in [0.29, 0.717) is 17.5 Å². The summed E-state index contributed by atoms with van der Waals surface area (Å²) in [7, 11) is 1.87. The van der Waals surface area contributed by atoms with Gasteiger partial charge < -0.3 is 10.6 Å². The molecular formula is C11H22N6OS. The van der Waals surface area contributed by atoms with Gasteiger partial charge in [0, 0.05) is 12.1 Å². The minimum Gasteiger partial charge on any atom is -0.351 e. The number of rotatable bonds is 8. The van der Waals surface area contributed by atoms with E-state index in [4.69, 9.17) is 0 Å². The molecule has 108 valence electrons. The van der Waals surface area contributed by atoms with Crippen LogP contribution in [0.25, 0.3) is 0 Å². The van der Waals surface area contributed by atoms with Gasteiger partial charge in [0.2, 0.25) is 11.1 Å². The SMILES string of the molecule is CCC(C)(C)NC(=O)CSc1nnnn1CCNC. The topological polar surface area (TPSA) is 84.7 Å². The lowest BCUT2D eigenvalue weighted by atomic mass is 10.0. The van der Waals surface area contributed by atoms with E-state index in [1.54, 1.807) is 4.68 Å². The Hall–Kier alpha value is -1.15. The van der Waals surface area contributed by atoms with Gasteiger partial charge in [-0.25, -0.2) is 4.68 Å². The van der Waals surface area contributed by atoms with E-state index in [0.717, 1.165) is 13.0 Å². The van der Waals surface area contributed by atoms with Gasteiger partial charge in [0.25, 0.3) is 0 Å². The lowest BCUT2D eigenvalue weighted by molar-refractivity contribution is -0.120. The number of nitrogens with zero attached hydrogens (tertiary/aromatic N) is 4. The van der Waals surface area contributed by atoms with E-state index in [-0.39, 0.29) is 11.4 Å².